The van der Waals surface area contributed by atoms with Gasteiger partial charge < -0.3 is 9.90 Å². The van der Waals surface area contributed by atoms with Gasteiger partial charge in [0.05, 0.1) is 5.97 Å². The molecule has 0 saturated heterocycles. The van der Waals surface area contributed by atoms with Crippen LogP contribution in [0.5, 0.6) is 0 Å². The SMILES string of the molecule is CC(C)[C@H]1CC[C@H](C)C(=Cc2ccc(C(=O)[O-])cc2)C1=O. The van der Waals surface area contributed by atoms with E-state index in [-0.39, 0.29) is 23.2 Å². The summed E-state index contributed by atoms with van der Waals surface area (Å²) in [5, 5.41) is 10.7. The normalized spacial score (nSPS) is 24.6. The zero-order valence-corrected chi connectivity index (χ0v) is 12.8. The average molecular weight is 285 g/mol. The summed E-state index contributed by atoms with van der Waals surface area (Å²) in [6.45, 7) is 6.26. The Labute approximate surface area is 125 Å². The molecule has 112 valence electrons. The van der Waals surface area contributed by atoms with E-state index in [1.165, 1.54) is 12.1 Å². The molecule has 0 spiro atoms. The first-order valence-electron chi connectivity index (χ1n) is 7.47. The molecule has 0 aromatic heterocycles. The first kappa shape index (κ1) is 15.5. The van der Waals surface area contributed by atoms with Crippen molar-refractivity contribution in [1.29, 1.82) is 0 Å². The molecule has 2 atom stereocenters. The smallest absolute Gasteiger partial charge is 0.162 e. The molecular formula is C18H21O3-. The van der Waals surface area contributed by atoms with Crippen LogP contribution in [0.15, 0.2) is 29.8 Å². The Bertz CT molecular complexity index is 567. The molecule has 0 radical (unpaired) electrons. The summed E-state index contributed by atoms with van der Waals surface area (Å²) in [6.07, 6.45) is 3.89. The number of hydrogen-bond acceptors (Lipinski definition) is 3. The molecular weight excluding hydrogens is 264 g/mol. The predicted octanol–water partition coefficient (Wildman–Crippen LogP) is 2.70. The van der Waals surface area contributed by atoms with Gasteiger partial charge in [0.2, 0.25) is 0 Å². The van der Waals surface area contributed by atoms with Crippen molar-refractivity contribution < 1.29 is 14.7 Å². The second kappa shape index (κ2) is 6.25. The number of ketones is 1. The van der Waals surface area contributed by atoms with Crippen LogP contribution in [-0.4, -0.2) is 11.8 Å². The molecule has 21 heavy (non-hydrogen) atoms. The molecule has 1 aliphatic rings. The summed E-state index contributed by atoms with van der Waals surface area (Å²) < 4.78 is 0. The van der Waals surface area contributed by atoms with E-state index in [0.29, 0.717) is 5.92 Å². The molecule has 1 aliphatic carbocycles. The van der Waals surface area contributed by atoms with Crippen LogP contribution >= 0.6 is 0 Å². The lowest BCUT2D eigenvalue weighted by Gasteiger charge is -2.30. The first-order chi connectivity index (χ1) is 9.90. The fraction of sp³-hybridized carbons (Fsp3) is 0.444. The van der Waals surface area contributed by atoms with Gasteiger partial charge in [0.1, 0.15) is 0 Å². The van der Waals surface area contributed by atoms with Crippen LogP contribution < -0.4 is 5.11 Å². The number of benzene rings is 1. The van der Waals surface area contributed by atoms with Crippen LogP contribution in [0.2, 0.25) is 0 Å². The van der Waals surface area contributed by atoms with Crippen molar-refractivity contribution in [2.24, 2.45) is 17.8 Å². The highest BCUT2D eigenvalue weighted by Gasteiger charge is 2.32. The maximum atomic E-state index is 12.6. The van der Waals surface area contributed by atoms with E-state index < -0.39 is 5.97 Å². The zero-order valence-electron chi connectivity index (χ0n) is 12.8. The molecule has 0 aliphatic heterocycles. The standard InChI is InChI=1S/C18H22O3/c1-11(2)15-9-4-12(3)16(17(15)19)10-13-5-7-14(8-6-13)18(20)21/h5-8,10-12,15H,4,9H2,1-3H3,(H,20,21)/p-1/t12-,15+/m0/s1. The fourth-order valence-corrected chi connectivity index (χ4v) is 2.92. The van der Waals surface area contributed by atoms with Gasteiger partial charge in [0.25, 0.3) is 0 Å². The Hall–Kier alpha value is -1.90. The van der Waals surface area contributed by atoms with Gasteiger partial charge in [-0.1, -0.05) is 45.0 Å². The van der Waals surface area contributed by atoms with Gasteiger partial charge in [0, 0.05) is 5.92 Å². The first-order valence-corrected chi connectivity index (χ1v) is 7.47. The Balaban J connectivity index is 2.28. The number of allylic oxidation sites excluding steroid dienone is 1. The molecule has 1 aromatic carbocycles. The molecule has 0 unspecified atom stereocenters. The molecule has 1 saturated carbocycles. The lowest BCUT2D eigenvalue weighted by molar-refractivity contribution is -0.255. The van der Waals surface area contributed by atoms with Gasteiger partial charge >= 0.3 is 0 Å². The van der Waals surface area contributed by atoms with E-state index in [2.05, 4.69) is 20.8 Å². The van der Waals surface area contributed by atoms with Crippen molar-refractivity contribution in [1.82, 2.24) is 0 Å². The number of Topliss-reactive ketones (excluding diaryl/α,β-unsaturated/α-hetero) is 1. The number of carbonyl (C=O) groups excluding carboxylic acids is 2. The number of carbonyl (C=O) groups is 2. The van der Waals surface area contributed by atoms with Crippen molar-refractivity contribution in [3.63, 3.8) is 0 Å². The highest BCUT2D eigenvalue weighted by molar-refractivity contribution is 6.02. The van der Waals surface area contributed by atoms with Crippen molar-refractivity contribution in [2.75, 3.05) is 0 Å². The van der Waals surface area contributed by atoms with E-state index in [4.69, 9.17) is 0 Å². The lowest BCUT2D eigenvalue weighted by Crippen LogP contribution is -2.30. The summed E-state index contributed by atoms with van der Waals surface area (Å²) in [7, 11) is 0. The Morgan fingerprint density at radius 3 is 2.38 bits per heavy atom. The van der Waals surface area contributed by atoms with Gasteiger partial charge in [-0.05, 0) is 47.5 Å². The molecule has 0 heterocycles. The molecule has 2 rings (SSSR count). The molecule has 3 heteroatoms. The van der Waals surface area contributed by atoms with Crippen molar-refractivity contribution in [3.8, 4) is 0 Å². The second-order valence-electron chi connectivity index (χ2n) is 6.20. The highest BCUT2D eigenvalue weighted by Crippen LogP contribution is 2.35. The lowest BCUT2D eigenvalue weighted by atomic mass is 9.73. The maximum absolute atomic E-state index is 12.6. The third kappa shape index (κ3) is 3.41. The number of carboxylic acids is 1. The van der Waals surface area contributed by atoms with Crippen LogP contribution in [0, 0.1) is 17.8 Å². The maximum Gasteiger partial charge on any atom is 0.162 e. The van der Waals surface area contributed by atoms with Crippen LogP contribution in [-0.2, 0) is 4.79 Å². The van der Waals surface area contributed by atoms with E-state index in [1.807, 2.05) is 6.08 Å². The number of aromatic carboxylic acids is 1. The summed E-state index contributed by atoms with van der Waals surface area (Å²) in [5.41, 5.74) is 1.88. The summed E-state index contributed by atoms with van der Waals surface area (Å²) >= 11 is 0. The molecule has 0 amide bonds. The molecule has 1 fully saturated rings. The van der Waals surface area contributed by atoms with E-state index in [0.717, 1.165) is 24.0 Å². The third-order valence-corrected chi connectivity index (χ3v) is 4.34. The summed E-state index contributed by atoms with van der Waals surface area (Å²) in [5.74, 6) is -0.221. The minimum atomic E-state index is -1.18. The Morgan fingerprint density at radius 2 is 1.86 bits per heavy atom. The Kier molecular flexibility index (Phi) is 4.61. The highest BCUT2D eigenvalue weighted by atomic mass is 16.4. The van der Waals surface area contributed by atoms with E-state index in [9.17, 15) is 14.7 Å². The van der Waals surface area contributed by atoms with E-state index in [1.54, 1.807) is 12.1 Å². The van der Waals surface area contributed by atoms with E-state index >= 15 is 0 Å². The number of rotatable bonds is 3. The summed E-state index contributed by atoms with van der Waals surface area (Å²) in [6, 6.07) is 6.47. The second-order valence-corrected chi connectivity index (χ2v) is 6.20. The van der Waals surface area contributed by atoms with Crippen molar-refractivity contribution >= 4 is 17.8 Å². The zero-order chi connectivity index (χ0) is 15.6. The molecule has 3 nitrogen and oxygen atoms in total. The van der Waals surface area contributed by atoms with Crippen molar-refractivity contribution in [2.45, 2.75) is 33.6 Å². The van der Waals surface area contributed by atoms with Crippen LogP contribution in [0.4, 0.5) is 0 Å². The minimum absolute atomic E-state index is 0.106. The number of carboxylic acid groups (broad SMARTS) is 1. The number of hydrogen-bond donors (Lipinski definition) is 0. The largest absolute Gasteiger partial charge is 0.545 e. The van der Waals surface area contributed by atoms with Crippen LogP contribution in [0.25, 0.3) is 6.08 Å². The van der Waals surface area contributed by atoms with Gasteiger partial charge in [-0.3, -0.25) is 4.79 Å². The molecule has 1 aromatic rings. The quantitative estimate of drug-likeness (QED) is 0.802. The molecule has 0 bridgehead atoms. The molecule has 0 N–H and O–H groups in total. The van der Waals surface area contributed by atoms with Crippen LogP contribution in [0.3, 0.4) is 0 Å². The summed E-state index contributed by atoms with van der Waals surface area (Å²) in [4.78, 5) is 23.3. The minimum Gasteiger partial charge on any atom is -0.545 e. The monoisotopic (exact) mass is 285 g/mol. The predicted molar refractivity (Wildman–Crippen MR) is 80.5 cm³/mol. The van der Waals surface area contributed by atoms with Crippen LogP contribution in [0.1, 0.15) is 49.5 Å². The third-order valence-electron chi connectivity index (χ3n) is 4.34. The Morgan fingerprint density at radius 1 is 1.24 bits per heavy atom. The van der Waals surface area contributed by atoms with Gasteiger partial charge in [-0.15, -0.1) is 0 Å². The fourth-order valence-electron chi connectivity index (χ4n) is 2.92. The topological polar surface area (TPSA) is 57.2 Å². The van der Waals surface area contributed by atoms with Gasteiger partial charge in [0.15, 0.2) is 5.78 Å². The van der Waals surface area contributed by atoms with Gasteiger partial charge in [-0.2, -0.15) is 0 Å². The van der Waals surface area contributed by atoms with Crippen molar-refractivity contribution in [3.05, 3.63) is 41.0 Å². The van der Waals surface area contributed by atoms with Gasteiger partial charge in [-0.25, -0.2) is 0 Å². The average Bonchev–Trinajstić information content (AvgIpc) is 2.43.